The normalized spacial score (nSPS) is 25.2. The van der Waals surface area contributed by atoms with Crippen molar-refractivity contribution in [2.45, 2.75) is 113 Å². The zero-order valence-corrected chi connectivity index (χ0v) is 80.5. The molecule has 0 amide bonds. The number of aromatic nitrogens is 3. The lowest BCUT2D eigenvalue weighted by Crippen LogP contribution is -2.55. The molecule has 12 saturated carbocycles. The number of fused-ring (bicyclic) bond motifs is 27. The summed E-state index contributed by atoms with van der Waals surface area (Å²) in [5.74, 6) is 10.0. The summed E-state index contributed by atoms with van der Waals surface area (Å²) in [5, 5.41) is 14.8. The van der Waals surface area contributed by atoms with E-state index < -0.39 is 0 Å². The molecule has 0 saturated heterocycles. The van der Waals surface area contributed by atoms with Gasteiger partial charge in [0.1, 0.15) is 33.5 Å². The van der Waals surface area contributed by atoms with Crippen LogP contribution in [0.25, 0.3) is 215 Å². The number of hydrogen-bond acceptors (Lipinski definition) is 3. The second-order valence-electron chi connectivity index (χ2n) is 45.9. The van der Waals surface area contributed by atoms with Gasteiger partial charge in [-0.2, -0.15) is 0 Å². The summed E-state index contributed by atoms with van der Waals surface area (Å²) in [4.78, 5) is 0. The second-order valence-corrected chi connectivity index (χ2v) is 45.9. The van der Waals surface area contributed by atoms with Gasteiger partial charge in [-0.1, -0.05) is 291 Å². The number of benzene rings is 18. The van der Waals surface area contributed by atoms with Crippen molar-refractivity contribution in [2.24, 2.45) is 71.0 Å². The average Bonchev–Trinajstić information content (AvgIpc) is 1.51. The van der Waals surface area contributed by atoms with Crippen molar-refractivity contribution in [1.29, 1.82) is 0 Å². The molecule has 12 bridgehead atoms. The third-order valence-corrected chi connectivity index (χ3v) is 39.5. The molecule has 0 N–H and O–H groups in total. The number of para-hydroxylation sites is 10. The van der Waals surface area contributed by atoms with Crippen molar-refractivity contribution in [3.05, 3.63) is 416 Å². The van der Waals surface area contributed by atoms with Gasteiger partial charge in [-0.25, -0.2) is 0 Å². The Kier molecular flexibility index (Phi) is 16.5. The molecule has 18 aromatic carbocycles. The maximum absolute atomic E-state index is 6.62. The Hall–Kier alpha value is -15.2. The molecule has 0 radical (unpaired) electrons. The first-order chi connectivity index (χ1) is 71.3. The van der Waals surface area contributed by atoms with Crippen LogP contribution in [-0.2, 0) is 16.2 Å². The molecule has 3 spiro atoms. The van der Waals surface area contributed by atoms with Crippen molar-refractivity contribution in [3.63, 3.8) is 0 Å². The molecule has 12 fully saturated rings. The lowest BCUT2D eigenvalue weighted by atomic mass is 9.43. The quantitative estimate of drug-likeness (QED) is 0.167. The van der Waals surface area contributed by atoms with E-state index in [1.807, 2.05) is 6.07 Å². The van der Waals surface area contributed by atoms with E-state index >= 15 is 0 Å². The van der Waals surface area contributed by atoms with Gasteiger partial charge in [0, 0.05) is 120 Å². The summed E-state index contributed by atoms with van der Waals surface area (Å²) in [7, 11) is 0. The highest BCUT2D eigenvalue weighted by Gasteiger charge is 2.65. The highest BCUT2D eigenvalue weighted by Crippen LogP contribution is 2.74. The van der Waals surface area contributed by atoms with Gasteiger partial charge in [-0.05, 0) is 336 Å². The fraction of sp³-hybridized carbons (Fsp3) is 0.217. The predicted octanol–water partition coefficient (Wildman–Crippen LogP) is 36.2. The van der Waals surface area contributed by atoms with Crippen LogP contribution in [0.5, 0.6) is 0 Å². The minimum absolute atomic E-state index is 0.136. The monoisotopic (exact) mass is 1850 g/mol. The van der Waals surface area contributed by atoms with E-state index in [0.29, 0.717) is 0 Å². The number of hydrogen-bond donors (Lipinski definition) is 0. The molecular weight excluding hydrogens is 1750 g/mol. The van der Waals surface area contributed by atoms with Gasteiger partial charge in [-0.3, -0.25) is 0 Å². The van der Waals surface area contributed by atoms with Crippen molar-refractivity contribution in [1.82, 2.24) is 13.7 Å². The Morgan fingerprint density at radius 2 is 0.472 bits per heavy atom. The standard InChI is InChI=1S/3C46H35NO/c1-4-15-39-32(9-1)33-20-19-31(26-40(33)46(39)29-22-27-21-28(24-29)25-30(46)23-27)47-41-16-5-2-10-34(41)36-13-7-14-37(45(36)47)35-12-8-18-43-44(35)38-11-3-6-17-42(38)48-43;1-4-16-40-32(9-1)33-20-19-31(26-41(33)46(40)29-22-27-21-28(24-29)25-30(46)23-27)47-42-17-5-2-10-34(42)36-12-7-13-37(44(36)47)39-15-8-14-38-35-11-3-6-18-43(35)48-45(38)39;1-4-13-40-34(8-1)35-18-17-32(26-41(35)46(40)30-21-27-20-28(23-30)24-31(46)22-27)47-42-14-5-2-9-36(42)38-12-7-11-33(45(38)47)29-16-19-44-39(25-29)37-10-3-6-15-43(37)48-44/h2*1-20,26-30H,21-25H2;1-19,25-28,30-31H,20-24H2. The molecule has 39 rings (SSSR count). The second kappa shape index (κ2) is 29.5. The molecule has 144 heavy (non-hydrogen) atoms. The molecule has 15 aliphatic carbocycles. The Morgan fingerprint density at radius 1 is 0.181 bits per heavy atom. The third kappa shape index (κ3) is 10.7. The molecule has 0 atom stereocenters. The van der Waals surface area contributed by atoms with Crippen molar-refractivity contribution < 1.29 is 13.3 Å². The lowest BCUT2D eigenvalue weighted by molar-refractivity contribution is -0.0399. The number of nitrogens with zero attached hydrogens (tertiary/aromatic N) is 3. The minimum atomic E-state index is 0.136. The highest BCUT2D eigenvalue weighted by atomic mass is 16.3. The molecule has 6 heteroatoms. The van der Waals surface area contributed by atoms with E-state index in [1.54, 1.807) is 33.4 Å². The van der Waals surface area contributed by atoms with Crippen LogP contribution >= 0.6 is 0 Å². The predicted molar refractivity (Wildman–Crippen MR) is 590 cm³/mol. The molecule has 0 unspecified atom stereocenters. The third-order valence-electron chi connectivity index (χ3n) is 39.5. The van der Waals surface area contributed by atoms with Crippen LogP contribution < -0.4 is 0 Å². The maximum atomic E-state index is 6.62. The first kappa shape index (κ1) is 80.3. The molecule has 6 heterocycles. The average molecular weight is 1850 g/mol. The van der Waals surface area contributed by atoms with Gasteiger partial charge in [0.05, 0.1) is 33.1 Å². The molecule has 15 aliphatic rings. The van der Waals surface area contributed by atoms with Crippen LogP contribution in [0.15, 0.2) is 395 Å². The summed E-state index contributed by atoms with van der Waals surface area (Å²) in [6, 6.07) is 144. The highest BCUT2D eigenvalue weighted by molar-refractivity contribution is 6.22. The van der Waals surface area contributed by atoms with Gasteiger partial charge >= 0.3 is 0 Å². The minimum Gasteiger partial charge on any atom is -0.456 e. The lowest BCUT2D eigenvalue weighted by Gasteiger charge is -2.61. The van der Waals surface area contributed by atoms with Crippen LogP contribution in [-0.4, -0.2) is 13.7 Å². The van der Waals surface area contributed by atoms with Crippen LogP contribution in [0.3, 0.4) is 0 Å². The summed E-state index contributed by atoms with van der Waals surface area (Å²) in [5.41, 5.74) is 43.3. The SMILES string of the molecule is c1ccc2c(c1)-c1ccc(-n3c4ccccc4c4cccc(-c5ccc6oc7ccccc7c6c5)c43)cc1C21C2CC3CC(C2)CC1C3.c1ccc2c(c1)-c1ccc(-n3c4ccccc4c4cccc(-c5cccc6c5oc5ccccc56)c43)cc1C21C2CC3CC(C2)CC1C3.c1ccc2c(c1)-c1ccc(-n3c4ccccc4c4cccc(-c5cccc6oc7ccccc7c56)c43)cc1C21C2CC3CC(C2)CC1C3. The van der Waals surface area contributed by atoms with Gasteiger partial charge in [-0.15, -0.1) is 0 Å². The zero-order chi connectivity index (χ0) is 93.4. The summed E-state index contributed by atoms with van der Waals surface area (Å²) >= 11 is 0. The van der Waals surface area contributed by atoms with Gasteiger partial charge in [0.25, 0.3) is 0 Å². The topological polar surface area (TPSA) is 54.2 Å². The number of furan rings is 3. The van der Waals surface area contributed by atoms with E-state index in [2.05, 4.69) is 390 Å². The number of rotatable bonds is 6. The molecule has 6 nitrogen and oxygen atoms in total. The van der Waals surface area contributed by atoms with Crippen LogP contribution in [0.4, 0.5) is 0 Å². The van der Waals surface area contributed by atoms with Crippen molar-refractivity contribution in [2.75, 3.05) is 0 Å². The van der Waals surface area contributed by atoms with Crippen LogP contribution in [0.2, 0.25) is 0 Å². The van der Waals surface area contributed by atoms with Crippen molar-refractivity contribution in [3.8, 4) is 83.8 Å². The summed E-state index contributed by atoms with van der Waals surface area (Å²) in [6.45, 7) is 0. The van der Waals surface area contributed by atoms with Gasteiger partial charge in [0.2, 0.25) is 0 Å². The Bertz CT molecular complexity index is 9600. The van der Waals surface area contributed by atoms with E-state index in [4.69, 9.17) is 13.3 Å². The molecular formula is C138H105N3O3. The summed E-state index contributed by atoms with van der Waals surface area (Å²) < 4.78 is 27.0. The largest absolute Gasteiger partial charge is 0.456 e. The van der Waals surface area contributed by atoms with E-state index in [0.717, 1.165) is 110 Å². The zero-order valence-electron chi connectivity index (χ0n) is 80.5. The van der Waals surface area contributed by atoms with E-state index in [1.165, 1.54) is 272 Å². The first-order valence-electron chi connectivity index (χ1n) is 53.8. The fourth-order valence-corrected chi connectivity index (χ4v) is 35.2. The summed E-state index contributed by atoms with van der Waals surface area (Å²) in [6.07, 6.45) is 21.2. The van der Waals surface area contributed by atoms with E-state index in [9.17, 15) is 0 Å². The van der Waals surface area contributed by atoms with Crippen LogP contribution in [0, 0.1) is 71.0 Å². The molecule has 690 valence electrons. The fourth-order valence-electron chi connectivity index (χ4n) is 35.2. The van der Waals surface area contributed by atoms with Crippen LogP contribution in [0.1, 0.15) is 130 Å². The van der Waals surface area contributed by atoms with Gasteiger partial charge in [0.15, 0.2) is 0 Å². The van der Waals surface area contributed by atoms with Gasteiger partial charge < -0.3 is 27.0 Å². The smallest absolute Gasteiger partial charge is 0.143 e. The Balaban J connectivity index is 0.0000000932. The molecule has 0 aliphatic heterocycles. The Morgan fingerprint density at radius 3 is 0.917 bits per heavy atom. The van der Waals surface area contributed by atoms with Crippen molar-refractivity contribution >= 4 is 131 Å². The molecule has 24 aromatic rings. The first-order valence-corrected chi connectivity index (χ1v) is 53.8. The Labute approximate surface area is 835 Å². The van der Waals surface area contributed by atoms with E-state index in [-0.39, 0.29) is 16.2 Å². The maximum Gasteiger partial charge on any atom is 0.143 e. The molecule has 6 aromatic heterocycles.